The minimum Gasteiger partial charge on any atom is -0.379 e. The van der Waals surface area contributed by atoms with Crippen molar-refractivity contribution in [2.24, 2.45) is 0 Å². The predicted octanol–water partition coefficient (Wildman–Crippen LogP) is 3.86. The number of hydrogen-bond acceptors (Lipinski definition) is 6. The maximum atomic E-state index is 13.1. The molecule has 1 aromatic heterocycles. The molecular formula is C25H22ClN5O4S. The van der Waals surface area contributed by atoms with E-state index in [-0.39, 0.29) is 34.5 Å². The smallest absolute Gasteiger partial charge is 0.295 e. The lowest BCUT2D eigenvalue weighted by Gasteiger charge is -2.26. The van der Waals surface area contributed by atoms with Crippen molar-refractivity contribution in [3.8, 4) is 17.1 Å². The molecule has 184 valence electrons. The van der Waals surface area contributed by atoms with Gasteiger partial charge in [0.15, 0.2) is 5.82 Å². The molecule has 11 heteroatoms. The molecule has 0 aliphatic carbocycles. The van der Waals surface area contributed by atoms with E-state index < -0.39 is 15.9 Å². The number of para-hydroxylation sites is 1. The zero-order chi connectivity index (χ0) is 25.1. The Labute approximate surface area is 213 Å². The number of hydrogen-bond donors (Lipinski definition) is 1. The van der Waals surface area contributed by atoms with E-state index in [1.54, 1.807) is 4.68 Å². The quantitative estimate of drug-likeness (QED) is 0.411. The van der Waals surface area contributed by atoms with Gasteiger partial charge in [-0.05, 0) is 30.3 Å². The van der Waals surface area contributed by atoms with Crippen molar-refractivity contribution in [3.63, 3.8) is 0 Å². The normalized spacial score (nSPS) is 14.5. The molecule has 0 bridgehead atoms. The van der Waals surface area contributed by atoms with Gasteiger partial charge in [-0.2, -0.15) is 4.31 Å². The van der Waals surface area contributed by atoms with E-state index in [1.165, 1.54) is 22.5 Å². The maximum absolute atomic E-state index is 13.1. The Kier molecular flexibility index (Phi) is 6.84. The van der Waals surface area contributed by atoms with Crippen LogP contribution in [0.5, 0.6) is 0 Å². The lowest BCUT2D eigenvalue weighted by Crippen LogP contribution is -2.40. The first-order chi connectivity index (χ1) is 17.4. The number of benzene rings is 3. The van der Waals surface area contributed by atoms with Gasteiger partial charge in [0.2, 0.25) is 15.8 Å². The number of carbonyl (C=O) groups is 1. The van der Waals surface area contributed by atoms with Gasteiger partial charge in [0, 0.05) is 24.3 Å². The van der Waals surface area contributed by atoms with E-state index in [0.29, 0.717) is 19.0 Å². The van der Waals surface area contributed by atoms with Gasteiger partial charge in [0.25, 0.3) is 5.91 Å². The number of aromatic nitrogens is 3. The number of nitrogens with one attached hydrogen (secondary N) is 1. The van der Waals surface area contributed by atoms with Crippen LogP contribution in [-0.2, 0) is 14.8 Å². The Morgan fingerprint density at radius 1 is 0.944 bits per heavy atom. The van der Waals surface area contributed by atoms with E-state index in [0.717, 1.165) is 11.3 Å². The highest BCUT2D eigenvalue weighted by Crippen LogP contribution is 2.29. The monoisotopic (exact) mass is 523 g/mol. The number of rotatable bonds is 6. The lowest BCUT2D eigenvalue weighted by atomic mass is 10.2. The van der Waals surface area contributed by atoms with Gasteiger partial charge in [-0.15, -0.1) is 5.10 Å². The summed E-state index contributed by atoms with van der Waals surface area (Å²) >= 11 is 6.24. The minimum atomic E-state index is -3.86. The summed E-state index contributed by atoms with van der Waals surface area (Å²) in [6, 6.07) is 23.1. The second kappa shape index (κ2) is 10.2. The SMILES string of the molecule is O=C(Nc1ccc(Cl)c(S(=O)(=O)N2CCOCC2)c1)c1nc(-c2ccccc2)n(-c2ccccc2)n1. The van der Waals surface area contributed by atoms with E-state index in [1.807, 2.05) is 60.7 Å². The summed E-state index contributed by atoms with van der Waals surface area (Å²) < 4.78 is 34.4. The number of morpholine rings is 1. The molecule has 0 saturated carbocycles. The van der Waals surface area contributed by atoms with E-state index >= 15 is 0 Å². The number of carbonyl (C=O) groups excluding carboxylic acids is 1. The Bertz CT molecular complexity index is 1430. The third-order valence-electron chi connectivity index (χ3n) is 5.62. The second-order valence-electron chi connectivity index (χ2n) is 7.99. The van der Waals surface area contributed by atoms with E-state index in [9.17, 15) is 13.2 Å². The summed E-state index contributed by atoms with van der Waals surface area (Å²) in [6.45, 7) is 1.09. The summed E-state index contributed by atoms with van der Waals surface area (Å²) in [5.74, 6) is -0.150. The number of anilines is 1. The highest BCUT2D eigenvalue weighted by molar-refractivity contribution is 7.89. The molecule has 1 N–H and O–H groups in total. The molecule has 1 aliphatic heterocycles. The van der Waals surface area contributed by atoms with Gasteiger partial charge in [0.05, 0.1) is 23.9 Å². The molecule has 0 atom stereocenters. The second-order valence-corrected chi connectivity index (χ2v) is 10.3. The molecule has 1 amide bonds. The van der Waals surface area contributed by atoms with Crippen LogP contribution in [0.1, 0.15) is 10.6 Å². The average molecular weight is 524 g/mol. The standard InChI is InChI=1S/C25H22ClN5O4S/c26-21-12-11-19(17-22(21)36(33,34)30-13-15-35-16-14-30)27-25(32)23-28-24(18-7-3-1-4-8-18)31(29-23)20-9-5-2-6-10-20/h1-12,17H,13-16H2,(H,27,32). The molecule has 1 saturated heterocycles. The number of ether oxygens (including phenoxy) is 1. The fourth-order valence-electron chi connectivity index (χ4n) is 3.82. The molecule has 36 heavy (non-hydrogen) atoms. The van der Waals surface area contributed by atoms with Gasteiger partial charge in [-0.3, -0.25) is 4.79 Å². The lowest BCUT2D eigenvalue weighted by molar-refractivity contribution is 0.0730. The third kappa shape index (κ3) is 4.89. The van der Waals surface area contributed by atoms with Crippen molar-refractivity contribution in [1.82, 2.24) is 19.1 Å². The van der Waals surface area contributed by atoms with Gasteiger partial charge < -0.3 is 10.1 Å². The molecule has 0 unspecified atom stereocenters. The molecule has 0 spiro atoms. The van der Waals surface area contributed by atoms with E-state index in [4.69, 9.17) is 16.3 Å². The minimum absolute atomic E-state index is 0.0646. The summed E-state index contributed by atoms with van der Waals surface area (Å²) in [4.78, 5) is 17.5. The molecule has 4 aromatic rings. The topological polar surface area (TPSA) is 106 Å². The van der Waals surface area contributed by atoms with Crippen LogP contribution in [0.25, 0.3) is 17.1 Å². The van der Waals surface area contributed by atoms with Gasteiger partial charge >= 0.3 is 0 Å². The fourth-order valence-corrected chi connectivity index (χ4v) is 5.73. The van der Waals surface area contributed by atoms with Crippen LogP contribution < -0.4 is 5.32 Å². The molecule has 1 fully saturated rings. The summed E-state index contributed by atoms with van der Waals surface area (Å²) in [5.41, 5.74) is 1.79. The van der Waals surface area contributed by atoms with Gasteiger partial charge in [-0.25, -0.2) is 18.1 Å². The number of sulfonamides is 1. The van der Waals surface area contributed by atoms with E-state index in [2.05, 4.69) is 15.4 Å². The van der Waals surface area contributed by atoms with Crippen LogP contribution in [0.4, 0.5) is 5.69 Å². The van der Waals surface area contributed by atoms with Crippen LogP contribution in [0.2, 0.25) is 5.02 Å². The van der Waals surface area contributed by atoms with Crippen LogP contribution in [0.15, 0.2) is 83.8 Å². The Morgan fingerprint density at radius 2 is 1.61 bits per heavy atom. The summed E-state index contributed by atoms with van der Waals surface area (Å²) in [6.07, 6.45) is 0. The first-order valence-electron chi connectivity index (χ1n) is 11.2. The summed E-state index contributed by atoms with van der Waals surface area (Å²) in [7, 11) is -3.86. The highest BCUT2D eigenvalue weighted by Gasteiger charge is 2.29. The first-order valence-corrected chi connectivity index (χ1v) is 13.0. The third-order valence-corrected chi connectivity index (χ3v) is 8.00. The average Bonchev–Trinajstić information content (AvgIpc) is 3.37. The molecular weight excluding hydrogens is 502 g/mol. The number of amides is 1. The van der Waals surface area contributed by atoms with Crippen molar-refractivity contribution in [2.45, 2.75) is 4.90 Å². The maximum Gasteiger partial charge on any atom is 0.295 e. The molecule has 0 radical (unpaired) electrons. The molecule has 3 aromatic carbocycles. The van der Waals surface area contributed by atoms with Crippen molar-refractivity contribution < 1.29 is 17.9 Å². The van der Waals surface area contributed by atoms with Crippen molar-refractivity contribution in [2.75, 3.05) is 31.6 Å². The Hall–Kier alpha value is -3.57. The number of nitrogens with zero attached hydrogens (tertiary/aromatic N) is 4. The predicted molar refractivity (Wildman–Crippen MR) is 136 cm³/mol. The fraction of sp³-hybridized carbons (Fsp3) is 0.160. The van der Waals surface area contributed by atoms with Crippen molar-refractivity contribution in [1.29, 1.82) is 0 Å². The Morgan fingerprint density at radius 3 is 2.31 bits per heavy atom. The van der Waals surface area contributed by atoms with Crippen LogP contribution in [-0.4, -0.2) is 59.7 Å². The largest absolute Gasteiger partial charge is 0.379 e. The van der Waals surface area contributed by atoms with Crippen LogP contribution in [0.3, 0.4) is 0 Å². The summed E-state index contributed by atoms with van der Waals surface area (Å²) in [5, 5.41) is 7.21. The zero-order valence-electron chi connectivity index (χ0n) is 19.0. The van der Waals surface area contributed by atoms with Crippen LogP contribution in [0, 0.1) is 0 Å². The first kappa shape index (κ1) is 24.1. The molecule has 2 heterocycles. The highest BCUT2D eigenvalue weighted by atomic mass is 35.5. The Balaban J connectivity index is 1.46. The van der Waals surface area contributed by atoms with Crippen molar-refractivity contribution >= 4 is 33.2 Å². The zero-order valence-corrected chi connectivity index (χ0v) is 20.6. The van der Waals surface area contributed by atoms with Gasteiger partial charge in [-0.1, -0.05) is 60.1 Å². The van der Waals surface area contributed by atoms with Gasteiger partial charge in [0.1, 0.15) is 4.90 Å². The number of halogens is 1. The van der Waals surface area contributed by atoms with Crippen LogP contribution >= 0.6 is 11.6 Å². The molecule has 9 nitrogen and oxygen atoms in total. The molecule has 5 rings (SSSR count). The molecule has 1 aliphatic rings. The van der Waals surface area contributed by atoms with Crippen molar-refractivity contribution in [3.05, 3.63) is 89.7 Å².